The molecular formula is C30H40BrN7O2. The third-order valence-corrected chi connectivity index (χ3v) is 9.29. The van der Waals surface area contributed by atoms with E-state index in [2.05, 4.69) is 78.6 Å². The van der Waals surface area contributed by atoms with Crippen molar-refractivity contribution in [3.05, 3.63) is 69.7 Å². The molecule has 2 aromatic rings. The molecular weight excluding hydrogens is 570 g/mol. The van der Waals surface area contributed by atoms with Crippen molar-refractivity contribution in [2.75, 3.05) is 13.1 Å². The van der Waals surface area contributed by atoms with E-state index < -0.39 is 0 Å². The van der Waals surface area contributed by atoms with Crippen LogP contribution in [-0.4, -0.2) is 46.2 Å². The zero-order valence-electron chi connectivity index (χ0n) is 23.4. The summed E-state index contributed by atoms with van der Waals surface area (Å²) in [6.07, 6.45) is 8.24. The minimum Gasteiger partial charge on any atom is -0.345 e. The molecule has 0 bridgehead atoms. The molecule has 1 spiro atoms. The van der Waals surface area contributed by atoms with E-state index in [-0.39, 0.29) is 30.1 Å². The summed E-state index contributed by atoms with van der Waals surface area (Å²) >= 11 is 3.53. The van der Waals surface area contributed by atoms with Gasteiger partial charge in [0.15, 0.2) is 5.84 Å². The molecule has 9 nitrogen and oxygen atoms in total. The third-order valence-electron chi connectivity index (χ3n) is 8.76. The van der Waals surface area contributed by atoms with Gasteiger partial charge < -0.3 is 15.1 Å². The van der Waals surface area contributed by atoms with Crippen LogP contribution in [0.3, 0.4) is 0 Å². The predicted octanol–water partition coefficient (Wildman–Crippen LogP) is 5.22. The molecule has 3 amide bonds. The van der Waals surface area contributed by atoms with Gasteiger partial charge in [0.1, 0.15) is 0 Å². The first-order chi connectivity index (χ1) is 19.4. The number of carbonyl (C=O) groups is 2. The number of urea groups is 1. The number of hydrazone groups is 1. The maximum absolute atomic E-state index is 14.1. The Balaban J connectivity index is 1.31. The normalized spacial score (nSPS) is 23.1. The lowest BCUT2D eigenvalue weighted by atomic mass is 9.74. The highest BCUT2D eigenvalue weighted by molar-refractivity contribution is 9.10. The second-order valence-electron chi connectivity index (χ2n) is 11.3. The second kappa shape index (κ2) is 12.6. The summed E-state index contributed by atoms with van der Waals surface area (Å²) in [5.74, 6) is 1.20. The number of nitrogens with zero attached hydrogens (tertiary/aromatic N) is 3. The average molecular weight is 611 g/mol. The molecule has 2 fully saturated rings. The Labute approximate surface area is 245 Å². The SMILES string of the molecule is CCCCC1CCC2(CC1)CN(C(C)c1ccc(Br)cc1)C(=O)N2Cc1ccc(C(=O)NCC2=NNNN2)cc1. The average Bonchev–Trinajstić information content (AvgIpc) is 3.59. The molecule has 2 aromatic carbocycles. The number of hydrazine groups is 2. The highest BCUT2D eigenvalue weighted by Crippen LogP contribution is 2.45. The lowest BCUT2D eigenvalue weighted by molar-refractivity contribution is 0.0912. The number of hydrogen-bond donors (Lipinski definition) is 4. The van der Waals surface area contributed by atoms with E-state index in [0.29, 0.717) is 17.9 Å². The van der Waals surface area contributed by atoms with Gasteiger partial charge in [-0.25, -0.2) is 10.3 Å². The van der Waals surface area contributed by atoms with Crippen LogP contribution >= 0.6 is 15.9 Å². The highest BCUT2D eigenvalue weighted by atomic mass is 79.9. The Hall–Kier alpha value is -3.11. The number of amides is 3. The molecule has 3 aliphatic rings. The Kier molecular flexibility index (Phi) is 8.95. The van der Waals surface area contributed by atoms with E-state index in [4.69, 9.17) is 0 Å². The van der Waals surface area contributed by atoms with E-state index in [0.717, 1.165) is 40.9 Å². The van der Waals surface area contributed by atoms with Crippen molar-refractivity contribution in [3.63, 3.8) is 0 Å². The topological polar surface area (TPSA) is 101 Å². The van der Waals surface area contributed by atoms with Gasteiger partial charge in [0.2, 0.25) is 0 Å². The zero-order valence-corrected chi connectivity index (χ0v) is 25.0. The van der Waals surface area contributed by atoms with Crippen molar-refractivity contribution in [2.45, 2.75) is 76.9 Å². The van der Waals surface area contributed by atoms with Crippen LogP contribution in [0, 0.1) is 5.92 Å². The summed E-state index contributed by atoms with van der Waals surface area (Å²) in [5, 5.41) is 6.82. The fourth-order valence-electron chi connectivity index (χ4n) is 6.23. The molecule has 1 saturated carbocycles. The molecule has 40 heavy (non-hydrogen) atoms. The van der Waals surface area contributed by atoms with Crippen molar-refractivity contribution in [1.82, 2.24) is 31.6 Å². The van der Waals surface area contributed by atoms with Crippen molar-refractivity contribution in [3.8, 4) is 0 Å². The van der Waals surface area contributed by atoms with E-state index in [1.54, 1.807) is 0 Å². The summed E-state index contributed by atoms with van der Waals surface area (Å²) < 4.78 is 1.04. The van der Waals surface area contributed by atoms with Gasteiger partial charge in [-0.05, 0) is 73.9 Å². The van der Waals surface area contributed by atoms with Crippen molar-refractivity contribution in [1.29, 1.82) is 0 Å². The first kappa shape index (κ1) is 28.4. The standard InChI is InChI=1S/C30H40BrN7O2/c1-3-4-5-22-14-16-30(17-15-22)20-37(21(2)24-10-12-26(31)13-11-24)29(40)38(30)19-23-6-8-25(9-7-23)28(39)32-18-27-33-35-36-34-27/h6-13,21-22,35-36H,3-5,14-20H2,1-2H3,(H,32,39)(H,33,34). The summed E-state index contributed by atoms with van der Waals surface area (Å²) in [6.45, 7) is 5.98. The van der Waals surface area contributed by atoms with Gasteiger partial charge in [0.25, 0.3) is 5.91 Å². The van der Waals surface area contributed by atoms with E-state index in [9.17, 15) is 9.59 Å². The van der Waals surface area contributed by atoms with Crippen LogP contribution in [0.2, 0.25) is 0 Å². The number of carbonyl (C=O) groups excluding carboxylic acids is 2. The van der Waals surface area contributed by atoms with Gasteiger partial charge in [-0.15, -0.1) is 10.6 Å². The molecule has 214 valence electrons. The number of benzene rings is 2. The molecule has 2 aliphatic heterocycles. The van der Waals surface area contributed by atoms with Gasteiger partial charge in [0, 0.05) is 23.1 Å². The second-order valence-corrected chi connectivity index (χ2v) is 12.2. The molecule has 1 unspecified atom stereocenters. The molecule has 1 saturated heterocycles. The highest BCUT2D eigenvalue weighted by Gasteiger charge is 2.51. The molecule has 2 heterocycles. The van der Waals surface area contributed by atoms with E-state index >= 15 is 0 Å². The summed E-state index contributed by atoms with van der Waals surface area (Å²) in [5.41, 5.74) is 10.6. The largest absolute Gasteiger partial charge is 0.345 e. The van der Waals surface area contributed by atoms with Crippen LogP contribution in [0.1, 0.15) is 86.3 Å². The van der Waals surface area contributed by atoms with Gasteiger partial charge in [0.05, 0.1) is 18.1 Å². The number of unbranched alkanes of at least 4 members (excludes halogenated alkanes) is 1. The molecule has 0 aromatic heterocycles. The molecule has 0 radical (unpaired) electrons. The Morgan fingerprint density at radius 3 is 2.52 bits per heavy atom. The number of halogens is 1. The minimum atomic E-state index is -0.170. The van der Waals surface area contributed by atoms with Gasteiger partial charge in [-0.2, -0.15) is 0 Å². The van der Waals surface area contributed by atoms with Gasteiger partial charge >= 0.3 is 6.03 Å². The van der Waals surface area contributed by atoms with Crippen molar-refractivity contribution >= 4 is 33.7 Å². The quantitative estimate of drug-likeness (QED) is 0.296. The monoisotopic (exact) mass is 609 g/mol. The third kappa shape index (κ3) is 6.28. The first-order valence-electron chi connectivity index (χ1n) is 14.4. The Bertz CT molecular complexity index is 1210. The van der Waals surface area contributed by atoms with Crippen LogP contribution in [-0.2, 0) is 6.54 Å². The lowest BCUT2D eigenvalue weighted by Crippen LogP contribution is -2.49. The van der Waals surface area contributed by atoms with Crippen LogP contribution in [0.4, 0.5) is 4.79 Å². The number of amidine groups is 1. The summed E-state index contributed by atoms with van der Waals surface area (Å²) in [6, 6.07) is 16.0. The molecule has 4 N–H and O–H groups in total. The number of hydrogen-bond acceptors (Lipinski definition) is 6. The van der Waals surface area contributed by atoms with E-state index in [1.807, 2.05) is 36.4 Å². The van der Waals surface area contributed by atoms with Crippen LogP contribution in [0.15, 0.2) is 58.1 Å². The van der Waals surface area contributed by atoms with Crippen LogP contribution < -0.4 is 21.8 Å². The molecule has 5 rings (SSSR count). The van der Waals surface area contributed by atoms with Gasteiger partial charge in [-0.3, -0.25) is 10.2 Å². The van der Waals surface area contributed by atoms with Gasteiger partial charge in [-0.1, -0.05) is 66.4 Å². The maximum atomic E-state index is 14.1. The molecule has 1 atom stereocenters. The fourth-order valence-corrected chi connectivity index (χ4v) is 6.49. The van der Waals surface area contributed by atoms with E-state index in [1.165, 1.54) is 32.1 Å². The summed E-state index contributed by atoms with van der Waals surface area (Å²) in [7, 11) is 0. The minimum absolute atomic E-state index is 0.00396. The summed E-state index contributed by atoms with van der Waals surface area (Å²) in [4.78, 5) is 30.9. The fraction of sp³-hybridized carbons (Fsp3) is 0.500. The molecule has 1 aliphatic carbocycles. The molecule has 10 heteroatoms. The smallest absolute Gasteiger partial charge is 0.321 e. The first-order valence-corrected chi connectivity index (χ1v) is 15.2. The maximum Gasteiger partial charge on any atom is 0.321 e. The van der Waals surface area contributed by atoms with Crippen molar-refractivity contribution in [2.24, 2.45) is 11.0 Å². The number of rotatable bonds is 10. The zero-order chi connectivity index (χ0) is 28.1. The predicted molar refractivity (Wildman–Crippen MR) is 160 cm³/mol. The number of nitrogens with one attached hydrogen (secondary N) is 4. The lowest BCUT2D eigenvalue weighted by Gasteiger charge is -2.42. The van der Waals surface area contributed by atoms with Crippen LogP contribution in [0.25, 0.3) is 0 Å². The Morgan fingerprint density at radius 2 is 1.88 bits per heavy atom. The van der Waals surface area contributed by atoms with Crippen LogP contribution in [0.5, 0.6) is 0 Å². The van der Waals surface area contributed by atoms with Crippen molar-refractivity contribution < 1.29 is 9.59 Å². The Morgan fingerprint density at radius 1 is 1.15 bits per heavy atom.